The van der Waals surface area contributed by atoms with Crippen LogP contribution in [0, 0.1) is 52.8 Å². The third-order valence-electron chi connectivity index (χ3n) is 8.99. The van der Waals surface area contributed by atoms with Gasteiger partial charge >= 0.3 is 0 Å². The highest BCUT2D eigenvalue weighted by Gasteiger charge is 2.64. The van der Waals surface area contributed by atoms with Gasteiger partial charge in [0.1, 0.15) is 0 Å². The van der Waals surface area contributed by atoms with Crippen molar-refractivity contribution in [3.63, 3.8) is 0 Å². The third kappa shape index (κ3) is 2.03. The molecule has 0 saturated heterocycles. The molecule has 134 valence electrons. The number of hydrogen-bond acceptors (Lipinski definition) is 3. The van der Waals surface area contributed by atoms with Crippen LogP contribution in [0.1, 0.15) is 58.8 Å². The molecule has 0 heterocycles. The van der Waals surface area contributed by atoms with Gasteiger partial charge in [0, 0.05) is 12.0 Å². The first-order valence-corrected chi connectivity index (χ1v) is 9.91. The number of fused-ring (bicyclic) bond motifs is 5. The summed E-state index contributed by atoms with van der Waals surface area (Å²) in [6, 6.07) is 0.174. The number of aliphatic hydroxyl groups is 2. The Morgan fingerprint density at radius 3 is 2.29 bits per heavy atom. The van der Waals surface area contributed by atoms with E-state index in [1.54, 1.807) is 0 Å². The van der Waals surface area contributed by atoms with E-state index in [0.29, 0.717) is 17.8 Å². The smallest absolute Gasteiger partial charge is 0.0836 e. The normalized spacial score (nSPS) is 59.8. The van der Waals surface area contributed by atoms with Gasteiger partial charge in [0.15, 0.2) is 0 Å². The van der Waals surface area contributed by atoms with E-state index in [0.717, 1.165) is 38.5 Å². The van der Waals surface area contributed by atoms with E-state index in [9.17, 15) is 10.2 Å². The number of hydrogen-bond donors (Lipinski definition) is 3. The van der Waals surface area contributed by atoms with Crippen LogP contribution in [-0.2, 0) is 0 Å². The zero-order valence-electron chi connectivity index (χ0n) is 15.1. The number of nitrogens with two attached hydrogens (primary N) is 1. The largest absolute Gasteiger partial charge is 0.390 e. The Morgan fingerprint density at radius 2 is 1.58 bits per heavy atom. The molecule has 0 bridgehead atoms. The van der Waals surface area contributed by atoms with E-state index < -0.39 is 12.2 Å². The summed E-state index contributed by atoms with van der Waals surface area (Å²) in [5, 5.41) is 22.1. The number of rotatable bonds is 0. The second kappa shape index (κ2) is 5.47. The molecule has 0 aromatic carbocycles. The maximum absolute atomic E-state index is 11.1. The molecule has 0 spiro atoms. The molecule has 4 saturated carbocycles. The van der Waals surface area contributed by atoms with Gasteiger partial charge < -0.3 is 15.9 Å². The summed E-state index contributed by atoms with van der Waals surface area (Å²) in [6.45, 7) is 4.71. The molecule has 4 N–H and O–H groups in total. The van der Waals surface area contributed by atoms with Crippen molar-refractivity contribution in [2.75, 3.05) is 0 Å². The first-order valence-electron chi connectivity index (χ1n) is 9.91. The molecule has 4 fully saturated rings. The maximum Gasteiger partial charge on any atom is 0.0836 e. The lowest BCUT2D eigenvalue weighted by molar-refractivity contribution is -0.214. The fourth-order valence-corrected chi connectivity index (χ4v) is 7.56. The molecule has 0 amide bonds. The maximum atomic E-state index is 11.1. The summed E-state index contributed by atoms with van der Waals surface area (Å²) >= 11 is 0. The van der Waals surface area contributed by atoms with Gasteiger partial charge in [-0.25, -0.2) is 0 Å². The van der Waals surface area contributed by atoms with Crippen molar-refractivity contribution in [2.45, 2.75) is 77.0 Å². The Labute approximate surface area is 146 Å². The highest BCUT2D eigenvalue weighted by molar-refractivity contribution is 5.17. The van der Waals surface area contributed by atoms with Crippen LogP contribution in [0.5, 0.6) is 0 Å². The lowest BCUT2D eigenvalue weighted by Crippen LogP contribution is -2.64. The highest BCUT2D eigenvalue weighted by atomic mass is 16.3. The minimum absolute atomic E-state index is 0.120. The molecular weight excluding hydrogens is 298 g/mol. The average Bonchev–Trinajstić information content (AvgIpc) is 2.90. The van der Waals surface area contributed by atoms with Crippen molar-refractivity contribution in [1.29, 1.82) is 0 Å². The Balaban J connectivity index is 1.71. The summed E-state index contributed by atoms with van der Waals surface area (Å²) in [6.07, 6.45) is 12.1. The molecule has 0 aromatic rings. The van der Waals surface area contributed by atoms with Crippen LogP contribution < -0.4 is 5.73 Å². The van der Waals surface area contributed by atoms with E-state index in [2.05, 4.69) is 19.8 Å². The molecule has 0 aliphatic heterocycles. The molecule has 3 nitrogen and oxygen atoms in total. The van der Waals surface area contributed by atoms with Crippen molar-refractivity contribution in [3.8, 4) is 12.3 Å². The zero-order chi connectivity index (χ0) is 17.3. The summed E-state index contributed by atoms with van der Waals surface area (Å²) < 4.78 is 0. The van der Waals surface area contributed by atoms with E-state index in [1.165, 1.54) is 6.42 Å². The Kier molecular flexibility index (Phi) is 3.85. The highest BCUT2D eigenvalue weighted by Crippen LogP contribution is 2.67. The predicted octanol–water partition coefficient (Wildman–Crippen LogP) is 2.55. The van der Waals surface area contributed by atoms with E-state index in [1.807, 2.05) is 0 Å². The van der Waals surface area contributed by atoms with Crippen LogP contribution in [0.25, 0.3) is 0 Å². The van der Waals surface area contributed by atoms with Crippen LogP contribution in [0.4, 0.5) is 0 Å². The predicted molar refractivity (Wildman–Crippen MR) is 94.8 cm³/mol. The molecule has 0 aromatic heterocycles. The molecule has 10 atom stereocenters. The van der Waals surface area contributed by atoms with Gasteiger partial charge in [-0.3, -0.25) is 0 Å². The van der Waals surface area contributed by atoms with Crippen molar-refractivity contribution in [2.24, 2.45) is 46.2 Å². The minimum Gasteiger partial charge on any atom is -0.390 e. The molecule has 6 unspecified atom stereocenters. The summed E-state index contributed by atoms with van der Waals surface area (Å²) in [7, 11) is 0. The Hall–Kier alpha value is -0.560. The SMILES string of the molecule is C#CC1CCC2C3C(O)[C@H](O)C4C[C@@H](N)CC[C@]4(C)C3CC[C@]12C. The third-order valence-corrected chi connectivity index (χ3v) is 8.99. The second-order valence-electron chi connectivity index (χ2n) is 9.76. The molecule has 4 rings (SSSR count). The van der Waals surface area contributed by atoms with Crippen LogP contribution >= 0.6 is 0 Å². The van der Waals surface area contributed by atoms with Gasteiger partial charge in [-0.2, -0.15) is 0 Å². The van der Waals surface area contributed by atoms with Crippen molar-refractivity contribution < 1.29 is 10.2 Å². The second-order valence-corrected chi connectivity index (χ2v) is 9.76. The average molecular weight is 332 g/mol. The molecule has 4 aliphatic carbocycles. The molecule has 4 aliphatic rings. The van der Waals surface area contributed by atoms with E-state index in [4.69, 9.17) is 12.2 Å². The van der Waals surface area contributed by atoms with Gasteiger partial charge in [-0.05, 0) is 79.4 Å². The summed E-state index contributed by atoms with van der Waals surface area (Å²) in [5.74, 6) is 4.67. The van der Waals surface area contributed by atoms with Crippen LogP contribution in [0.2, 0.25) is 0 Å². The van der Waals surface area contributed by atoms with Gasteiger partial charge in [0.05, 0.1) is 12.2 Å². The van der Waals surface area contributed by atoms with Gasteiger partial charge in [0.25, 0.3) is 0 Å². The van der Waals surface area contributed by atoms with Gasteiger partial charge in [0.2, 0.25) is 0 Å². The zero-order valence-corrected chi connectivity index (χ0v) is 15.1. The Bertz CT molecular complexity index is 557. The standard InChI is InChI=1S/C21H33NO2/c1-4-12-5-6-14-17-15(8-10-20(12,14)2)21(3)9-7-13(22)11-16(21)18(23)19(17)24/h1,12-19,23-24H,5-11,22H2,2-3H3/t12?,13-,14?,15?,16?,17?,18+,19?,20+,21+/m0/s1. The van der Waals surface area contributed by atoms with Gasteiger partial charge in [-0.1, -0.05) is 13.8 Å². The fraction of sp³-hybridized carbons (Fsp3) is 0.905. The molecule has 24 heavy (non-hydrogen) atoms. The van der Waals surface area contributed by atoms with Crippen molar-refractivity contribution >= 4 is 0 Å². The fourth-order valence-electron chi connectivity index (χ4n) is 7.56. The molecule has 0 radical (unpaired) electrons. The first kappa shape index (κ1) is 16.9. The number of terminal acetylenes is 1. The van der Waals surface area contributed by atoms with E-state index in [-0.39, 0.29) is 28.7 Å². The minimum atomic E-state index is -0.630. The topological polar surface area (TPSA) is 66.5 Å². The van der Waals surface area contributed by atoms with Crippen LogP contribution in [-0.4, -0.2) is 28.5 Å². The van der Waals surface area contributed by atoms with E-state index >= 15 is 0 Å². The summed E-state index contributed by atoms with van der Waals surface area (Å²) in [4.78, 5) is 0. The summed E-state index contributed by atoms with van der Waals surface area (Å²) in [5.41, 5.74) is 6.47. The molecule has 3 heteroatoms. The van der Waals surface area contributed by atoms with Crippen LogP contribution in [0.3, 0.4) is 0 Å². The van der Waals surface area contributed by atoms with Crippen LogP contribution in [0.15, 0.2) is 0 Å². The monoisotopic (exact) mass is 331 g/mol. The van der Waals surface area contributed by atoms with Crippen molar-refractivity contribution in [1.82, 2.24) is 0 Å². The van der Waals surface area contributed by atoms with Crippen molar-refractivity contribution in [3.05, 3.63) is 0 Å². The lowest BCUT2D eigenvalue weighted by atomic mass is 9.43. The Morgan fingerprint density at radius 1 is 0.917 bits per heavy atom. The van der Waals surface area contributed by atoms with Gasteiger partial charge in [-0.15, -0.1) is 12.3 Å². The first-order chi connectivity index (χ1) is 11.3. The molecular formula is C21H33NO2. The lowest BCUT2D eigenvalue weighted by Gasteiger charge is -2.63. The number of aliphatic hydroxyl groups excluding tert-OH is 2. The quantitative estimate of drug-likeness (QED) is 0.598.